The number of aliphatic hydroxyl groups is 1. The molecule has 1 saturated heterocycles. The molecule has 1 aliphatic rings. The molecule has 0 aliphatic carbocycles. The second kappa shape index (κ2) is 10.0. The molecule has 3 rings (SSSR count). The van der Waals surface area contributed by atoms with Gasteiger partial charge >= 0.3 is 6.09 Å². The molecule has 3 atom stereocenters. The van der Waals surface area contributed by atoms with Crippen LogP contribution in [0.3, 0.4) is 0 Å². The van der Waals surface area contributed by atoms with Crippen molar-refractivity contribution in [3.8, 4) is 0 Å². The van der Waals surface area contributed by atoms with E-state index in [0.29, 0.717) is 22.7 Å². The fourth-order valence-corrected chi connectivity index (χ4v) is 4.18. The van der Waals surface area contributed by atoms with Gasteiger partial charge in [0.2, 0.25) is 0 Å². The summed E-state index contributed by atoms with van der Waals surface area (Å²) in [5.41, 5.74) is 2.11. The summed E-state index contributed by atoms with van der Waals surface area (Å²) in [6.45, 7) is 1.69. The number of anilines is 1. The summed E-state index contributed by atoms with van der Waals surface area (Å²) in [5.74, 6) is -0.386. The maximum absolute atomic E-state index is 11.8. The van der Waals surface area contributed by atoms with Crippen LogP contribution in [0.5, 0.6) is 0 Å². The first-order valence-corrected chi connectivity index (χ1v) is 10.8. The zero-order valence-electron chi connectivity index (χ0n) is 16.6. The van der Waals surface area contributed by atoms with Gasteiger partial charge in [0, 0.05) is 16.8 Å². The fraction of sp³-hybridized carbons (Fsp3) is 0.286. The predicted octanol–water partition coefficient (Wildman–Crippen LogP) is 3.71. The van der Waals surface area contributed by atoms with E-state index in [0.717, 1.165) is 17.3 Å². The highest BCUT2D eigenvalue weighted by atomic mass is 35.5. The Kier molecular flexibility index (Phi) is 7.42. The topological polar surface area (TPSA) is 119 Å². The standard InChI is InChI=1S/C21H22ClN3O5S/c1-12(25(21(29)30)11-17(26)14-3-2-4-15(22)10-14)9-13-5-7-16(8-6-13)23-19-18(27)24-20(28)31-19/h2-8,10,12,17,19,23,26H,9,11H2,1H3,(H,29,30)(H,24,27,28)/t12?,17-,19?/m1/s1. The van der Waals surface area contributed by atoms with Crippen molar-refractivity contribution in [3.05, 3.63) is 64.7 Å². The second-order valence-corrected chi connectivity index (χ2v) is 8.69. The molecule has 0 spiro atoms. The number of hydrogen-bond donors (Lipinski definition) is 4. The molecule has 1 heterocycles. The number of thioether (sulfide) groups is 1. The lowest BCUT2D eigenvalue weighted by Crippen LogP contribution is -2.41. The van der Waals surface area contributed by atoms with Gasteiger partial charge in [0.05, 0.1) is 12.6 Å². The summed E-state index contributed by atoms with van der Waals surface area (Å²) in [4.78, 5) is 35.9. The van der Waals surface area contributed by atoms with Crippen molar-refractivity contribution < 1.29 is 24.6 Å². The van der Waals surface area contributed by atoms with Crippen molar-refractivity contribution in [3.63, 3.8) is 0 Å². The van der Waals surface area contributed by atoms with Gasteiger partial charge in [-0.05, 0) is 60.5 Å². The summed E-state index contributed by atoms with van der Waals surface area (Å²) in [6, 6.07) is 13.5. The number of hydrogen-bond acceptors (Lipinski definition) is 6. The Morgan fingerprint density at radius 3 is 2.55 bits per heavy atom. The van der Waals surface area contributed by atoms with Crippen molar-refractivity contribution in [2.24, 2.45) is 0 Å². The molecule has 1 aliphatic heterocycles. The molecular formula is C21H22ClN3O5S. The van der Waals surface area contributed by atoms with E-state index in [1.54, 1.807) is 43.3 Å². The number of carboxylic acid groups (broad SMARTS) is 1. The average Bonchev–Trinajstić information content (AvgIpc) is 3.03. The van der Waals surface area contributed by atoms with Gasteiger partial charge in [-0.2, -0.15) is 0 Å². The summed E-state index contributed by atoms with van der Waals surface area (Å²) in [7, 11) is 0. The monoisotopic (exact) mass is 463 g/mol. The van der Waals surface area contributed by atoms with Gasteiger partial charge in [0.25, 0.3) is 11.1 Å². The lowest BCUT2D eigenvalue weighted by atomic mass is 10.0. The molecule has 1 fully saturated rings. The van der Waals surface area contributed by atoms with Crippen molar-refractivity contribution in [1.29, 1.82) is 0 Å². The van der Waals surface area contributed by atoms with Gasteiger partial charge in [-0.15, -0.1) is 0 Å². The number of imide groups is 1. The zero-order chi connectivity index (χ0) is 22.5. The van der Waals surface area contributed by atoms with Crippen LogP contribution >= 0.6 is 23.4 Å². The van der Waals surface area contributed by atoms with Gasteiger partial charge in [0.15, 0.2) is 5.37 Å². The first-order valence-electron chi connectivity index (χ1n) is 9.53. The maximum Gasteiger partial charge on any atom is 0.407 e. The molecule has 3 amide bonds. The Labute approximate surface area is 188 Å². The number of carbonyl (C=O) groups is 3. The summed E-state index contributed by atoms with van der Waals surface area (Å²) >= 11 is 6.83. The van der Waals surface area contributed by atoms with Crippen molar-refractivity contribution >= 4 is 46.3 Å². The third kappa shape index (κ3) is 6.13. The van der Waals surface area contributed by atoms with E-state index < -0.39 is 17.6 Å². The highest BCUT2D eigenvalue weighted by Gasteiger charge is 2.31. The van der Waals surface area contributed by atoms with Gasteiger partial charge in [-0.3, -0.25) is 14.9 Å². The molecule has 164 valence electrons. The Bertz CT molecular complexity index is 972. The molecule has 0 saturated carbocycles. The average molecular weight is 464 g/mol. The minimum atomic E-state index is -1.12. The van der Waals surface area contributed by atoms with E-state index in [1.807, 2.05) is 12.1 Å². The maximum atomic E-state index is 11.8. The molecule has 8 nitrogen and oxygen atoms in total. The first-order chi connectivity index (χ1) is 14.7. The number of aliphatic hydroxyl groups excluding tert-OH is 1. The van der Waals surface area contributed by atoms with Crippen LogP contribution in [0.2, 0.25) is 5.02 Å². The quantitative estimate of drug-likeness (QED) is 0.471. The minimum Gasteiger partial charge on any atom is -0.465 e. The van der Waals surface area contributed by atoms with Gasteiger partial charge in [-0.1, -0.05) is 35.9 Å². The number of nitrogens with zero attached hydrogens (tertiary/aromatic N) is 1. The Morgan fingerprint density at radius 1 is 1.26 bits per heavy atom. The van der Waals surface area contributed by atoms with Crippen molar-refractivity contribution in [1.82, 2.24) is 10.2 Å². The van der Waals surface area contributed by atoms with Crippen LogP contribution in [0.1, 0.15) is 24.2 Å². The highest BCUT2D eigenvalue weighted by molar-refractivity contribution is 8.15. The van der Waals surface area contributed by atoms with Gasteiger partial charge in [-0.25, -0.2) is 4.79 Å². The van der Waals surface area contributed by atoms with E-state index in [2.05, 4.69) is 10.6 Å². The van der Waals surface area contributed by atoms with Crippen LogP contribution in [0.25, 0.3) is 0 Å². The number of amides is 3. The predicted molar refractivity (Wildman–Crippen MR) is 119 cm³/mol. The molecule has 2 aromatic rings. The number of halogens is 1. The van der Waals surface area contributed by atoms with Crippen molar-refractivity contribution in [2.75, 3.05) is 11.9 Å². The molecular weight excluding hydrogens is 442 g/mol. The normalized spacial score (nSPS) is 17.7. The van der Waals surface area contributed by atoms with Crippen LogP contribution in [0, 0.1) is 0 Å². The number of rotatable bonds is 8. The largest absolute Gasteiger partial charge is 0.465 e. The summed E-state index contributed by atoms with van der Waals surface area (Å²) in [6.07, 6.45) is -1.69. The SMILES string of the molecule is CC(Cc1ccc(NC2SC(=O)NC2=O)cc1)N(C[C@@H](O)c1cccc(Cl)c1)C(=O)O. The minimum absolute atomic E-state index is 0.0848. The first kappa shape index (κ1) is 22.9. The van der Waals surface area contributed by atoms with Crippen LogP contribution < -0.4 is 10.6 Å². The lowest BCUT2D eigenvalue weighted by molar-refractivity contribution is -0.118. The van der Waals surface area contributed by atoms with E-state index in [-0.39, 0.29) is 23.7 Å². The van der Waals surface area contributed by atoms with E-state index in [4.69, 9.17) is 11.6 Å². The molecule has 0 radical (unpaired) electrons. The van der Waals surface area contributed by atoms with E-state index >= 15 is 0 Å². The third-order valence-electron chi connectivity index (χ3n) is 4.85. The Morgan fingerprint density at radius 2 is 1.97 bits per heavy atom. The third-order valence-corrected chi connectivity index (χ3v) is 5.97. The summed E-state index contributed by atoms with van der Waals surface area (Å²) in [5, 5.41) is 24.7. The highest BCUT2D eigenvalue weighted by Crippen LogP contribution is 2.23. The zero-order valence-corrected chi connectivity index (χ0v) is 18.2. The number of benzene rings is 2. The molecule has 0 bridgehead atoms. The molecule has 2 unspecified atom stereocenters. The van der Waals surface area contributed by atoms with Crippen LogP contribution in [-0.4, -0.2) is 50.3 Å². The molecule has 0 aromatic heterocycles. The molecule has 31 heavy (non-hydrogen) atoms. The van der Waals surface area contributed by atoms with Crippen LogP contribution in [0.4, 0.5) is 15.3 Å². The lowest BCUT2D eigenvalue weighted by Gasteiger charge is -2.29. The van der Waals surface area contributed by atoms with Crippen LogP contribution in [0.15, 0.2) is 48.5 Å². The Hall–Kier alpha value is -2.75. The number of nitrogens with one attached hydrogen (secondary N) is 2. The van der Waals surface area contributed by atoms with E-state index in [1.165, 1.54) is 4.90 Å². The van der Waals surface area contributed by atoms with Crippen LogP contribution in [-0.2, 0) is 11.2 Å². The molecule has 10 heteroatoms. The fourth-order valence-electron chi connectivity index (χ4n) is 3.24. The van der Waals surface area contributed by atoms with Gasteiger partial charge in [0.1, 0.15) is 0 Å². The van der Waals surface area contributed by atoms with E-state index in [9.17, 15) is 24.6 Å². The Balaban J connectivity index is 1.61. The van der Waals surface area contributed by atoms with Crippen molar-refractivity contribution in [2.45, 2.75) is 30.9 Å². The second-order valence-electron chi connectivity index (χ2n) is 7.17. The summed E-state index contributed by atoms with van der Waals surface area (Å²) < 4.78 is 0. The molecule has 4 N–H and O–H groups in total. The number of carbonyl (C=O) groups excluding carboxylic acids is 2. The smallest absolute Gasteiger partial charge is 0.407 e. The molecule has 2 aromatic carbocycles. The van der Waals surface area contributed by atoms with Gasteiger partial charge < -0.3 is 20.4 Å².